The lowest BCUT2D eigenvalue weighted by Crippen LogP contribution is -2.09. The second kappa shape index (κ2) is 5.01. The quantitative estimate of drug-likeness (QED) is 0.624. The van der Waals surface area contributed by atoms with E-state index in [0.29, 0.717) is 0 Å². The Bertz CT molecular complexity index is 331. The fourth-order valence-electron chi connectivity index (χ4n) is 1.89. The molecular formula is C14H21N. The van der Waals surface area contributed by atoms with E-state index in [1.807, 2.05) is 6.08 Å². The molecule has 0 bridgehead atoms. The molecule has 0 fully saturated rings. The number of rotatable bonds is 4. The zero-order valence-corrected chi connectivity index (χ0v) is 10.1. The predicted molar refractivity (Wildman–Crippen MR) is 67.4 cm³/mol. The van der Waals surface area contributed by atoms with Crippen LogP contribution in [0.2, 0.25) is 0 Å². The molecule has 1 heteroatoms. The molecule has 1 rings (SSSR count). The van der Waals surface area contributed by atoms with E-state index in [-0.39, 0.29) is 0 Å². The van der Waals surface area contributed by atoms with Gasteiger partial charge in [0.2, 0.25) is 0 Å². The molecular weight excluding hydrogens is 182 g/mol. The lowest BCUT2D eigenvalue weighted by molar-refractivity contribution is 0.557. The lowest BCUT2D eigenvalue weighted by atomic mass is 10.1. The van der Waals surface area contributed by atoms with Crippen molar-refractivity contribution in [2.75, 3.05) is 7.05 Å². The van der Waals surface area contributed by atoms with E-state index in [4.69, 9.17) is 0 Å². The highest BCUT2D eigenvalue weighted by Gasteiger charge is 2.17. The summed E-state index contributed by atoms with van der Waals surface area (Å²) in [6.45, 7) is 12.3. The first-order valence-electron chi connectivity index (χ1n) is 5.54. The maximum absolute atomic E-state index is 4.04. The Morgan fingerprint density at radius 1 is 1.53 bits per heavy atom. The van der Waals surface area contributed by atoms with Gasteiger partial charge in [-0.3, -0.25) is 0 Å². The van der Waals surface area contributed by atoms with Crippen molar-refractivity contribution in [1.82, 2.24) is 4.90 Å². The molecule has 0 N–H and O–H groups in total. The van der Waals surface area contributed by atoms with Gasteiger partial charge in [0.05, 0.1) is 0 Å². The molecule has 0 radical (unpaired) electrons. The van der Waals surface area contributed by atoms with Crippen LogP contribution in [0.4, 0.5) is 0 Å². The first-order valence-corrected chi connectivity index (χ1v) is 5.54. The zero-order chi connectivity index (χ0) is 11.4. The van der Waals surface area contributed by atoms with Gasteiger partial charge in [0.1, 0.15) is 0 Å². The van der Waals surface area contributed by atoms with Crippen LogP contribution in [0.15, 0.2) is 47.9 Å². The average molecular weight is 203 g/mol. The molecule has 0 aromatic carbocycles. The summed E-state index contributed by atoms with van der Waals surface area (Å²) in [6, 6.07) is 0. The van der Waals surface area contributed by atoms with E-state index in [1.165, 1.54) is 22.5 Å². The van der Waals surface area contributed by atoms with Crippen molar-refractivity contribution >= 4 is 0 Å². The third kappa shape index (κ3) is 2.62. The maximum atomic E-state index is 4.04. The Hall–Kier alpha value is -1.24. The van der Waals surface area contributed by atoms with Gasteiger partial charge in [0.25, 0.3) is 0 Å². The van der Waals surface area contributed by atoms with Crippen LogP contribution in [-0.2, 0) is 0 Å². The zero-order valence-electron chi connectivity index (χ0n) is 10.1. The Kier molecular flexibility index (Phi) is 3.96. The van der Waals surface area contributed by atoms with E-state index in [0.717, 1.165) is 19.3 Å². The van der Waals surface area contributed by atoms with E-state index in [2.05, 4.69) is 45.0 Å². The fourth-order valence-corrected chi connectivity index (χ4v) is 1.89. The molecule has 0 amide bonds. The number of allylic oxidation sites excluding steroid dienone is 4. The van der Waals surface area contributed by atoms with Gasteiger partial charge in [0.15, 0.2) is 0 Å². The van der Waals surface area contributed by atoms with Crippen LogP contribution in [0.1, 0.15) is 33.1 Å². The minimum absolute atomic E-state index is 0.999. The van der Waals surface area contributed by atoms with Gasteiger partial charge in [-0.2, -0.15) is 0 Å². The number of hydrogen-bond donors (Lipinski definition) is 0. The van der Waals surface area contributed by atoms with E-state index in [1.54, 1.807) is 0 Å². The highest BCUT2D eigenvalue weighted by Crippen LogP contribution is 2.30. The highest BCUT2D eigenvalue weighted by molar-refractivity contribution is 5.39. The average Bonchev–Trinajstić information content (AvgIpc) is 2.44. The van der Waals surface area contributed by atoms with Gasteiger partial charge in [-0.05, 0) is 30.6 Å². The maximum Gasteiger partial charge on any atom is 0.0401 e. The standard InChI is InChI=1S/C14H21N/c1-6-8-13(7-2)10-14-11(3)9-12(4)15(14)5/h7,10H,2,4,6,8-9H2,1,3,5H3/b13-10+. The Labute approximate surface area is 93.5 Å². The summed E-state index contributed by atoms with van der Waals surface area (Å²) in [7, 11) is 2.08. The third-order valence-corrected chi connectivity index (χ3v) is 2.87. The molecule has 0 saturated heterocycles. The van der Waals surface area contributed by atoms with Gasteiger partial charge in [-0.25, -0.2) is 0 Å². The summed E-state index contributed by atoms with van der Waals surface area (Å²) < 4.78 is 0. The molecule has 0 unspecified atom stereocenters. The van der Waals surface area contributed by atoms with Gasteiger partial charge in [-0.15, -0.1) is 0 Å². The summed E-state index contributed by atoms with van der Waals surface area (Å²) in [4.78, 5) is 2.18. The van der Waals surface area contributed by atoms with Crippen molar-refractivity contribution in [2.45, 2.75) is 33.1 Å². The van der Waals surface area contributed by atoms with Crippen molar-refractivity contribution in [2.24, 2.45) is 0 Å². The first-order chi connectivity index (χ1) is 7.10. The summed E-state index contributed by atoms with van der Waals surface area (Å²) in [5.74, 6) is 0. The van der Waals surface area contributed by atoms with Gasteiger partial charge in [-0.1, -0.05) is 32.6 Å². The van der Waals surface area contributed by atoms with Crippen LogP contribution in [-0.4, -0.2) is 11.9 Å². The van der Waals surface area contributed by atoms with E-state index >= 15 is 0 Å². The van der Waals surface area contributed by atoms with Gasteiger partial charge >= 0.3 is 0 Å². The molecule has 0 aliphatic carbocycles. The minimum Gasteiger partial charge on any atom is -0.348 e. The summed E-state index contributed by atoms with van der Waals surface area (Å²) in [5, 5.41) is 0. The normalized spacial score (nSPS) is 17.7. The second-order valence-electron chi connectivity index (χ2n) is 4.14. The molecule has 1 aliphatic rings. The van der Waals surface area contributed by atoms with Crippen molar-refractivity contribution in [1.29, 1.82) is 0 Å². The van der Waals surface area contributed by atoms with Crippen molar-refractivity contribution < 1.29 is 0 Å². The van der Waals surface area contributed by atoms with E-state index < -0.39 is 0 Å². The lowest BCUT2D eigenvalue weighted by Gasteiger charge is -2.16. The number of nitrogens with zero attached hydrogens (tertiary/aromatic N) is 1. The number of hydrogen-bond acceptors (Lipinski definition) is 1. The second-order valence-corrected chi connectivity index (χ2v) is 4.14. The van der Waals surface area contributed by atoms with Crippen molar-refractivity contribution in [3.05, 3.63) is 47.9 Å². The molecule has 15 heavy (non-hydrogen) atoms. The molecule has 1 aliphatic heterocycles. The molecule has 0 atom stereocenters. The van der Waals surface area contributed by atoms with Crippen LogP contribution in [0, 0.1) is 0 Å². The van der Waals surface area contributed by atoms with Crippen molar-refractivity contribution in [3.63, 3.8) is 0 Å². The Morgan fingerprint density at radius 2 is 2.20 bits per heavy atom. The number of likely N-dealkylation sites (N-methyl/N-ethyl adjacent to an activating group) is 1. The summed E-state index contributed by atoms with van der Waals surface area (Å²) in [6.07, 6.45) is 7.46. The Balaban J connectivity index is 2.92. The molecule has 0 aromatic rings. The summed E-state index contributed by atoms with van der Waals surface area (Å²) in [5.41, 5.74) is 5.19. The van der Waals surface area contributed by atoms with Crippen LogP contribution in [0.5, 0.6) is 0 Å². The molecule has 0 saturated carbocycles. The van der Waals surface area contributed by atoms with Crippen LogP contribution >= 0.6 is 0 Å². The van der Waals surface area contributed by atoms with Gasteiger partial charge < -0.3 is 4.90 Å². The largest absolute Gasteiger partial charge is 0.348 e. The monoisotopic (exact) mass is 203 g/mol. The Morgan fingerprint density at radius 3 is 2.60 bits per heavy atom. The van der Waals surface area contributed by atoms with Crippen LogP contribution in [0.25, 0.3) is 0 Å². The topological polar surface area (TPSA) is 3.24 Å². The molecule has 82 valence electrons. The fraction of sp³-hybridized carbons (Fsp3) is 0.429. The van der Waals surface area contributed by atoms with Crippen LogP contribution in [0.3, 0.4) is 0 Å². The van der Waals surface area contributed by atoms with Crippen molar-refractivity contribution in [3.8, 4) is 0 Å². The minimum atomic E-state index is 0.999. The van der Waals surface area contributed by atoms with E-state index in [9.17, 15) is 0 Å². The molecule has 0 aromatic heterocycles. The first kappa shape index (κ1) is 11.8. The highest BCUT2D eigenvalue weighted by atomic mass is 15.1. The molecule has 0 spiro atoms. The molecule has 1 nitrogen and oxygen atoms in total. The summed E-state index contributed by atoms with van der Waals surface area (Å²) >= 11 is 0. The van der Waals surface area contributed by atoms with Crippen LogP contribution < -0.4 is 0 Å². The molecule has 1 heterocycles. The third-order valence-electron chi connectivity index (χ3n) is 2.87. The predicted octanol–water partition coefficient (Wildman–Crippen LogP) is 4.02. The SMILES string of the molecule is C=C/C(=C\C1=C(C)CC(=C)N1C)CCC. The smallest absolute Gasteiger partial charge is 0.0401 e. The van der Waals surface area contributed by atoms with Gasteiger partial charge in [0, 0.05) is 24.9 Å².